The van der Waals surface area contributed by atoms with E-state index in [4.69, 9.17) is 4.42 Å². The van der Waals surface area contributed by atoms with Gasteiger partial charge in [0, 0.05) is 34.3 Å². The zero-order valence-corrected chi connectivity index (χ0v) is 14.7. The van der Waals surface area contributed by atoms with E-state index in [-0.39, 0.29) is 11.7 Å². The Morgan fingerprint density at radius 3 is 2.79 bits per heavy atom. The molecule has 2 N–H and O–H groups in total. The van der Waals surface area contributed by atoms with Crippen LogP contribution in [0.5, 0.6) is 5.75 Å². The molecule has 0 saturated heterocycles. The summed E-state index contributed by atoms with van der Waals surface area (Å²) in [6, 6.07) is 16.4. The van der Waals surface area contributed by atoms with Crippen molar-refractivity contribution in [2.45, 2.75) is 5.92 Å². The molecule has 2 aromatic carbocycles. The number of fused-ring (bicyclic) bond motifs is 2. The molecule has 136 valence electrons. The molecule has 0 fully saturated rings. The lowest BCUT2D eigenvalue weighted by atomic mass is 10.0. The number of hydrogen-bond donors (Lipinski definition) is 2. The average Bonchev–Trinajstić information content (AvgIpc) is 3.35. The van der Waals surface area contributed by atoms with Crippen LogP contribution in [0.4, 0.5) is 11.5 Å². The summed E-state index contributed by atoms with van der Waals surface area (Å²) < 4.78 is 5.43. The number of phenols is 1. The summed E-state index contributed by atoms with van der Waals surface area (Å²) in [5.74, 6) is 0.698. The third-order valence-corrected chi connectivity index (χ3v) is 4.82. The molecule has 6 heteroatoms. The molecule has 0 radical (unpaired) electrons. The minimum Gasteiger partial charge on any atom is -0.507 e. The normalized spacial score (nSPS) is 15.9. The van der Waals surface area contributed by atoms with Crippen LogP contribution in [0.25, 0.3) is 22.1 Å². The summed E-state index contributed by atoms with van der Waals surface area (Å²) in [4.78, 5) is 21.4. The second kappa shape index (κ2) is 6.35. The Kier molecular flexibility index (Phi) is 3.69. The fraction of sp³-hybridized carbons (Fsp3) is 0.0455. The maximum absolute atomic E-state index is 12.5. The largest absolute Gasteiger partial charge is 0.507 e. The number of pyridine rings is 1. The Balaban J connectivity index is 1.54. The number of carbonyl (C=O) groups is 1. The maximum Gasteiger partial charge on any atom is 0.238 e. The minimum absolute atomic E-state index is 0.175. The van der Waals surface area contributed by atoms with Gasteiger partial charge in [0.05, 0.1) is 12.0 Å². The molecule has 1 unspecified atom stereocenters. The Morgan fingerprint density at radius 2 is 1.96 bits per heavy atom. The fourth-order valence-corrected chi connectivity index (χ4v) is 3.42. The van der Waals surface area contributed by atoms with Crippen LogP contribution in [0, 0.1) is 0 Å². The number of rotatable bonds is 3. The first-order valence-electron chi connectivity index (χ1n) is 8.80. The highest BCUT2D eigenvalue weighted by molar-refractivity contribution is 6.12. The molecule has 0 aliphatic carbocycles. The van der Waals surface area contributed by atoms with Crippen LogP contribution < -0.4 is 5.32 Å². The smallest absolute Gasteiger partial charge is 0.238 e. The highest BCUT2D eigenvalue weighted by atomic mass is 16.3. The fourth-order valence-electron chi connectivity index (χ4n) is 3.42. The molecule has 28 heavy (non-hydrogen) atoms. The van der Waals surface area contributed by atoms with Crippen molar-refractivity contribution in [3.8, 4) is 17.1 Å². The summed E-state index contributed by atoms with van der Waals surface area (Å²) in [5, 5.41) is 14.4. The summed E-state index contributed by atoms with van der Waals surface area (Å²) in [6.07, 6.45) is 4.89. The molecule has 1 amide bonds. The van der Waals surface area contributed by atoms with Crippen LogP contribution in [-0.2, 0) is 4.79 Å². The number of benzene rings is 2. The number of carbonyl (C=O) groups excluding carboxylic acids is 1. The SMILES string of the molecule is O=C1Nc2ncc(-c3ccco3)cc2C1C=Nc1ccc(O)c2ccccc12. The predicted octanol–water partition coefficient (Wildman–Crippen LogP) is 4.64. The first-order chi connectivity index (χ1) is 13.7. The van der Waals surface area contributed by atoms with Gasteiger partial charge in [0.1, 0.15) is 23.2 Å². The van der Waals surface area contributed by atoms with Gasteiger partial charge in [0.15, 0.2) is 0 Å². The van der Waals surface area contributed by atoms with Gasteiger partial charge in [-0.05, 0) is 30.3 Å². The highest BCUT2D eigenvalue weighted by Crippen LogP contribution is 2.35. The van der Waals surface area contributed by atoms with Crippen LogP contribution in [0.2, 0.25) is 0 Å². The van der Waals surface area contributed by atoms with Gasteiger partial charge in [-0.15, -0.1) is 0 Å². The van der Waals surface area contributed by atoms with E-state index in [0.717, 1.165) is 21.9 Å². The van der Waals surface area contributed by atoms with Crippen molar-refractivity contribution in [1.29, 1.82) is 0 Å². The lowest BCUT2D eigenvalue weighted by molar-refractivity contribution is -0.115. The van der Waals surface area contributed by atoms with Gasteiger partial charge in [-0.3, -0.25) is 9.79 Å². The van der Waals surface area contributed by atoms with Crippen molar-refractivity contribution < 1.29 is 14.3 Å². The predicted molar refractivity (Wildman–Crippen MR) is 107 cm³/mol. The highest BCUT2D eigenvalue weighted by Gasteiger charge is 2.31. The number of aromatic hydroxyl groups is 1. The molecule has 0 spiro atoms. The number of phenolic OH excluding ortho intramolecular Hbond substituents is 1. The molecule has 1 aliphatic rings. The monoisotopic (exact) mass is 369 g/mol. The molecule has 1 atom stereocenters. The van der Waals surface area contributed by atoms with Crippen molar-refractivity contribution in [1.82, 2.24) is 4.98 Å². The van der Waals surface area contributed by atoms with Crippen LogP contribution in [0.15, 0.2) is 76.5 Å². The van der Waals surface area contributed by atoms with E-state index in [2.05, 4.69) is 15.3 Å². The van der Waals surface area contributed by atoms with Crippen LogP contribution in [0.1, 0.15) is 11.5 Å². The summed E-state index contributed by atoms with van der Waals surface area (Å²) in [7, 11) is 0. The average molecular weight is 369 g/mol. The van der Waals surface area contributed by atoms with Gasteiger partial charge in [0.25, 0.3) is 0 Å². The summed E-state index contributed by atoms with van der Waals surface area (Å²) in [5.41, 5.74) is 2.24. The Bertz CT molecular complexity index is 1230. The number of hydrogen-bond acceptors (Lipinski definition) is 5. The Labute approximate surface area is 160 Å². The molecule has 6 nitrogen and oxygen atoms in total. The third kappa shape index (κ3) is 2.63. The number of nitrogens with zero attached hydrogens (tertiary/aromatic N) is 2. The van der Waals surface area contributed by atoms with E-state index in [0.29, 0.717) is 17.3 Å². The maximum atomic E-state index is 12.5. The van der Waals surface area contributed by atoms with E-state index in [1.807, 2.05) is 36.4 Å². The Morgan fingerprint density at radius 1 is 1.11 bits per heavy atom. The Hall–Kier alpha value is -3.93. The van der Waals surface area contributed by atoms with Gasteiger partial charge < -0.3 is 14.8 Å². The first kappa shape index (κ1) is 16.3. The zero-order chi connectivity index (χ0) is 19.1. The third-order valence-electron chi connectivity index (χ3n) is 4.82. The van der Waals surface area contributed by atoms with Gasteiger partial charge >= 0.3 is 0 Å². The zero-order valence-electron chi connectivity index (χ0n) is 14.7. The molecule has 0 bridgehead atoms. The number of amides is 1. The molecular weight excluding hydrogens is 354 g/mol. The van der Waals surface area contributed by atoms with Crippen molar-refractivity contribution in [2.24, 2.45) is 4.99 Å². The topological polar surface area (TPSA) is 87.7 Å². The van der Waals surface area contributed by atoms with Crippen LogP contribution in [0.3, 0.4) is 0 Å². The van der Waals surface area contributed by atoms with Gasteiger partial charge in [-0.25, -0.2) is 4.98 Å². The molecule has 0 saturated carbocycles. The summed E-state index contributed by atoms with van der Waals surface area (Å²) in [6.45, 7) is 0. The van der Waals surface area contributed by atoms with Gasteiger partial charge in [0.2, 0.25) is 5.91 Å². The molecule has 4 aromatic rings. The van der Waals surface area contributed by atoms with E-state index < -0.39 is 5.92 Å². The minimum atomic E-state index is -0.551. The number of anilines is 1. The van der Waals surface area contributed by atoms with E-state index in [1.54, 1.807) is 36.9 Å². The first-order valence-corrected chi connectivity index (χ1v) is 8.80. The van der Waals surface area contributed by atoms with Crippen LogP contribution >= 0.6 is 0 Å². The molecule has 1 aliphatic heterocycles. The van der Waals surface area contributed by atoms with E-state index in [1.165, 1.54) is 0 Å². The second-order valence-electron chi connectivity index (χ2n) is 6.53. The van der Waals surface area contributed by atoms with Crippen LogP contribution in [-0.4, -0.2) is 22.2 Å². The van der Waals surface area contributed by atoms with Gasteiger partial charge in [-0.2, -0.15) is 0 Å². The van der Waals surface area contributed by atoms with E-state index >= 15 is 0 Å². The van der Waals surface area contributed by atoms with Gasteiger partial charge in [-0.1, -0.05) is 24.3 Å². The van der Waals surface area contributed by atoms with E-state index in [9.17, 15) is 9.90 Å². The molecule has 2 aromatic heterocycles. The van der Waals surface area contributed by atoms with Crippen molar-refractivity contribution >= 4 is 34.4 Å². The van der Waals surface area contributed by atoms with Crippen molar-refractivity contribution in [2.75, 3.05) is 5.32 Å². The standard InChI is InChI=1S/C22H15N3O3/c26-19-8-7-18(14-4-1-2-5-15(14)19)23-12-17-16-10-13(20-6-3-9-28-20)11-24-21(16)25-22(17)27/h1-12,17,26H,(H,24,25,27). The quantitative estimate of drug-likeness (QED) is 0.515. The molecule has 5 rings (SSSR count). The number of aromatic nitrogens is 1. The second-order valence-corrected chi connectivity index (χ2v) is 6.53. The molecular formula is C22H15N3O3. The lowest BCUT2D eigenvalue weighted by Gasteiger charge is -2.06. The van der Waals surface area contributed by atoms with Crippen molar-refractivity contribution in [3.63, 3.8) is 0 Å². The van der Waals surface area contributed by atoms with Crippen molar-refractivity contribution in [3.05, 3.63) is 72.6 Å². The number of aliphatic imine (C=N–C) groups is 1. The number of furan rings is 1. The number of nitrogens with one attached hydrogen (secondary N) is 1. The lowest BCUT2D eigenvalue weighted by Crippen LogP contribution is -2.12. The summed E-state index contributed by atoms with van der Waals surface area (Å²) >= 11 is 0. The molecule has 3 heterocycles.